The van der Waals surface area contributed by atoms with Crippen LogP contribution >= 0.6 is 0 Å². The molecule has 0 N–H and O–H groups in total. The van der Waals surface area contributed by atoms with Crippen LogP contribution in [0, 0.1) is 11.8 Å². The molecule has 2 rings (SSSR count). The average Bonchev–Trinajstić information content (AvgIpc) is 2.38. The van der Waals surface area contributed by atoms with E-state index in [-0.39, 0.29) is 6.10 Å². The molecule has 0 fully saturated rings. The highest BCUT2D eigenvalue weighted by Gasteiger charge is 2.08. The lowest BCUT2D eigenvalue weighted by Gasteiger charge is -2.14. The number of rotatable bonds is 3. The maximum Gasteiger partial charge on any atom is 0.108 e. The fourth-order valence-corrected chi connectivity index (χ4v) is 1.93. The standard InChI is InChI=1S/C16H16O/c1-3-4-12-17-13(2)15-11-7-9-14-8-5-6-10-16(14)15/h5-11,13H,12H2,1-2H3/t13-/m1/s1. The van der Waals surface area contributed by atoms with Crippen molar-refractivity contribution in [2.24, 2.45) is 0 Å². The van der Waals surface area contributed by atoms with Crippen LogP contribution in [0.4, 0.5) is 0 Å². The molecule has 1 heteroatoms. The smallest absolute Gasteiger partial charge is 0.108 e. The monoisotopic (exact) mass is 224 g/mol. The third-order valence-electron chi connectivity index (χ3n) is 2.84. The molecule has 0 spiro atoms. The van der Waals surface area contributed by atoms with E-state index in [4.69, 9.17) is 4.74 Å². The molecule has 0 heterocycles. The molecule has 0 saturated carbocycles. The van der Waals surface area contributed by atoms with E-state index in [0.717, 1.165) is 0 Å². The Morgan fingerprint density at radius 2 is 1.88 bits per heavy atom. The maximum absolute atomic E-state index is 5.70. The lowest BCUT2D eigenvalue weighted by Crippen LogP contribution is -2.01. The lowest BCUT2D eigenvalue weighted by atomic mass is 10.0. The zero-order chi connectivity index (χ0) is 12.1. The van der Waals surface area contributed by atoms with Gasteiger partial charge < -0.3 is 4.74 Å². The number of fused-ring (bicyclic) bond motifs is 1. The summed E-state index contributed by atoms with van der Waals surface area (Å²) in [5.41, 5.74) is 1.22. The quantitative estimate of drug-likeness (QED) is 0.717. The summed E-state index contributed by atoms with van der Waals surface area (Å²) in [6.45, 7) is 4.38. The minimum absolute atomic E-state index is 0.0712. The SMILES string of the molecule is CC#CCO[C@H](C)c1cccc2ccccc12. The molecule has 0 saturated heterocycles. The molecule has 0 amide bonds. The predicted octanol–water partition coefficient (Wildman–Crippen LogP) is 3.94. The largest absolute Gasteiger partial charge is 0.361 e. The second-order valence-corrected chi connectivity index (χ2v) is 3.95. The van der Waals surface area contributed by atoms with Crippen LogP contribution in [0.1, 0.15) is 25.5 Å². The van der Waals surface area contributed by atoms with Crippen LogP contribution in [0.25, 0.3) is 10.8 Å². The summed E-state index contributed by atoms with van der Waals surface area (Å²) < 4.78 is 5.70. The summed E-state index contributed by atoms with van der Waals surface area (Å²) in [6.07, 6.45) is 0.0712. The molecule has 1 atom stereocenters. The van der Waals surface area contributed by atoms with E-state index in [0.29, 0.717) is 6.61 Å². The van der Waals surface area contributed by atoms with Crippen molar-refractivity contribution in [1.82, 2.24) is 0 Å². The van der Waals surface area contributed by atoms with E-state index >= 15 is 0 Å². The third-order valence-corrected chi connectivity index (χ3v) is 2.84. The molecule has 2 aromatic carbocycles. The van der Waals surface area contributed by atoms with E-state index in [2.05, 4.69) is 61.2 Å². The second-order valence-electron chi connectivity index (χ2n) is 3.95. The van der Waals surface area contributed by atoms with Gasteiger partial charge in [-0.2, -0.15) is 0 Å². The Bertz CT molecular complexity index is 555. The topological polar surface area (TPSA) is 9.23 Å². The molecular formula is C16H16O. The first kappa shape index (κ1) is 11.7. The first-order valence-corrected chi connectivity index (χ1v) is 5.82. The van der Waals surface area contributed by atoms with Gasteiger partial charge in [0.2, 0.25) is 0 Å². The summed E-state index contributed by atoms with van der Waals surface area (Å²) in [7, 11) is 0. The molecule has 2 aromatic rings. The number of ether oxygens (including phenoxy) is 1. The van der Waals surface area contributed by atoms with Gasteiger partial charge in [0.25, 0.3) is 0 Å². The van der Waals surface area contributed by atoms with Crippen molar-refractivity contribution in [3.05, 3.63) is 48.0 Å². The zero-order valence-corrected chi connectivity index (χ0v) is 10.2. The second kappa shape index (κ2) is 5.52. The Kier molecular flexibility index (Phi) is 3.80. The number of benzene rings is 2. The summed E-state index contributed by atoms with van der Waals surface area (Å²) in [4.78, 5) is 0. The van der Waals surface area contributed by atoms with Gasteiger partial charge in [-0.25, -0.2) is 0 Å². The fraction of sp³-hybridized carbons (Fsp3) is 0.250. The van der Waals surface area contributed by atoms with Crippen LogP contribution in [0.2, 0.25) is 0 Å². The fourth-order valence-electron chi connectivity index (χ4n) is 1.93. The minimum atomic E-state index is 0.0712. The van der Waals surface area contributed by atoms with Gasteiger partial charge in [0, 0.05) is 0 Å². The molecular weight excluding hydrogens is 208 g/mol. The molecule has 0 radical (unpaired) electrons. The Balaban J connectivity index is 2.30. The Morgan fingerprint density at radius 3 is 2.71 bits per heavy atom. The van der Waals surface area contributed by atoms with Gasteiger partial charge in [0.05, 0.1) is 6.10 Å². The van der Waals surface area contributed by atoms with E-state index in [9.17, 15) is 0 Å². The van der Waals surface area contributed by atoms with Gasteiger partial charge in [-0.05, 0) is 30.2 Å². The molecule has 0 bridgehead atoms. The average molecular weight is 224 g/mol. The van der Waals surface area contributed by atoms with Gasteiger partial charge in [0.1, 0.15) is 6.61 Å². The van der Waals surface area contributed by atoms with Crippen LogP contribution in [-0.2, 0) is 4.74 Å². The van der Waals surface area contributed by atoms with Crippen molar-refractivity contribution in [1.29, 1.82) is 0 Å². The molecule has 86 valence electrons. The minimum Gasteiger partial charge on any atom is -0.361 e. The first-order valence-electron chi connectivity index (χ1n) is 5.82. The highest BCUT2D eigenvalue weighted by atomic mass is 16.5. The Hall–Kier alpha value is -1.78. The first-order chi connectivity index (χ1) is 8.33. The summed E-state index contributed by atoms with van der Waals surface area (Å²) >= 11 is 0. The van der Waals surface area contributed by atoms with Gasteiger partial charge >= 0.3 is 0 Å². The molecule has 1 nitrogen and oxygen atoms in total. The van der Waals surface area contributed by atoms with E-state index in [1.165, 1.54) is 16.3 Å². The van der Waals surface area contributed by atoms with E-state index in [1.54, 1.807) is 0 Å². The number of hydrogen-bond donors (Lipinski definition) is 0. The van der Waals surface area contributed by atoms with E-state index < -0.39 is 0 Å². The van der Waals surface area contributed by atoms with Crippen LogP contribution in [-0.4, -0.2) is 6.61 Å². The lowest BCUT2D eigenvalue weighted by molar-refractivity contribution is 0.0937. The zero-order valence-electron chi connectivity index (χ0n) is 10.2. The molecule has 0 aliphatic carbocycles. The summed E-state index contributed by atoms with van der Waals surface area (Å²) in [5.74, 6) is 5.76. The van der Waals surface area contributed by atoms with Crippen molar-refractivity contribution in [2.45, 2.75) is 20.0 Å². The Morgan fingerprint density at radius 1 is 1.12 bits per heavy atom. The van der Waals surface area contributed by atoms with Gasteiger partial charge in [0.15, 0.2) is 0 Å². The van der Waals surface area contributed by atoms with E-state index in [1.807, 2.05) is 6.92 Å². The van der Waals surface area contributed by atoms with Crippen LogP contribution in [0.5, 0.6) is 0 Å². The maximum atomic E-state index is 5.70. The van der Waals surface area contributed by atoms with Crippen LogP contribution < -0.4 is 0 Å². The van der Waals surface area contributed by atoms with Crippen LogP contribution in [0.15, 0.2) is 42.5 Å². The van der Waals surface area contributed by atoms with Crippen LogP contribution in [0.3, 0.4) is 0 Å². The normalized spacial score (nSPS) is 11.9. The van der Waals surface area contributed by atoms with Gasteiger partial charge in [-0.15, -0.1) is 5.92 Å². The molecule has 0 aromatic heterocycles. The van der Waals surface area contributed by atoms with Gasteiger partial charge in [-0.1, -0.05) is 48.4 Å². The van der Waals surface area contributed by atoms with Crippen molar-refractivity contribution < 1.29 is 4.74 Å². The molecule has 17 heavy (non-hydrogen) atoms. The third kappa shape index (κ3) is 2.67. The summed E-state index contributed by atoms with van der Waals surface area (Å²) in [6, 6.07) is 14.7. The molecule has 0 unspecified atom stereocenters. The highest BCUT2D eigenvalue weighted by Crippen LogP contribution is 2.25. The Labute approximate surface area is 102 Å². The molecule has 0 aliphatic heterocycles. The van der Waals surface area contributed by atoms with Gasteiger partial charge in [-0.3, -0.25) is 0 Å². The van der Waals surface area contributed by atoms with Crippen molar-refractivity contribution in [2.75, 3.05) is 6.61 Å². The highest BCUT2D eigenvalue weighted by molar-refractivity contribution is 5.85. The predicted molar refractivity (Wildman–Crippen MR) is 71.8 cm³/mol. The summed E-state index contributed by atoms with van der Waals surface area (Å²) in [5, 5.41) is 2.51. The molecule has 0 aliphatic rings. The number of hydrogen-bond acceptors (Lipinski definition) is 1. The van der Waals surface area contributed by atoms with Crippen molar-refractivity contribution in [3.63, 3.8) is 0 Å². The van der Waals surface area contributed by atoms with Crippen molar-refractivity contribution in [3.8, 4) is 11.8 Å². The van der Waals surface area contributed by atoms with Crippen molar-refractivity contribution >= 4 is 10.8 Å².